The molecule has 3 amide bonds. The average molecular weight is 889 g/mol. The SMILES string of the molecule is CCc1ccc(C2Oc3cc(-c4cnc([C@@H]5CCCN5C(=O)[C@@H](NC(=O)OC)C(C)C)[nH]4)cc(F)c3-c3cc4cc(-c5cnc([C@@H]6C[C@H]7C[C@H]7N6C(=O)OC(C)(C)C)[nH]5)ccc4n32)s1. The highest BCUT2D eigenvalue weighted by Crippen LogP contribution is 2.54. The van der Waals surface area contributed by atoms with E-state index >= 15 is 4.39 Å². The quantitative estimate of drug-likeness (QED) is 0.129. The van der Waals surface area contributed by atoms with Crippen molar-refractivity contribution >= 4 is 40.3 Å². The summed E-state index contributed by atoms with van der Waals surface area (Å²) in [7, 11) is 1.27. The molecule has 0 bridgehead atoms. The van der Waals surface area contributed by atoms with E-state index in [1.807, 2.05) is 70.0 Å². The minimum atomic E-state index is -0.759. The highest BCUT2D eigenvalue weighted by molar-refractivity contribution is 7.12. The molecule has 0 spiro atoms. The summed E-state index contributed by atoms with van der Waals surface area (Å²) in [5.74, 6) is 1.38. The molecule has 64 heavy (non-hydrogen) atoms. The zero-order chi connectivity index (χ0) is 44.8. The first-order valence-corrected chi connectivity index (χ1v) is 23.0. The Kier molecular flexibility index (Phi) is 10.3. The molecule has 10 rings (SSSR count). The second-order valence-electron chi connectivity index (χ2n) is 18.7. The maximum atomic E-state index is 16.8. The van der Waals surface area contributed by atoms with Crippen molar-refractivity contribution in [3.63, 3.8) is 0 Å². The van der Waals surface area contributed by atoms with E-state index in [1.54, 1.807) is 22.4 Å². The van der Waals surface area contributed by atoms with Gasteiger partial charge in [-0.05, 0) is 107 Å². The molecule has 6 aromatic rings. The average Bonchev–Trinajstić information content (AvgIpc) is 4.02. The third kappa shape index (κ3) is 7.38. The van der Waals surface area contributed by atoms with Crippen LogP contribution in [0.25, 0.3) is 44.7 Å². The Bertz CT molecular complexity index is 2800. The summed E-state index contributed by atoms with van der Waals surface area (Å²) in [6, 6.07) is 14.7. The third-order valence-corrected chi connectivity index (χ3v) is 14.2. The predicted octanol–water partition coefficient (Wildman–Crippen LogP) is 9.91. The highest BCUT2D eigenvalue weighted by atomic mass is 32.1. The van der Waals surface area contributed by atoms with Crippen molar-refractivity contribution in [2.75, 3.05) is 13.7 Å². The number of nitrogens with one attached hydrogen (secondary N) is 3. The molecule has 1 aliphatic carbocycles. The number of nitrogens with zero attached hydrogens (tertiary/aromatic N) is 5. The lowest BCUT2D eigenvalue weighted by atomic mass is 10.0. The van der Waals surface area contributed by atoms with Crippen LogP contribution in [-0.2, 0) is 20.7 Å². The maximum Gasteiger partial charge on any atom is 0.411 e. The summed E-state index contributed by atoms with van der Waals surface area (Å²) in [5.41, 5.74) is 4.24. The van der Waals surface area contributed by atoms with Gasteiger partial charge in [0.2, 0.25) is 12.1 Å². The van der Waals surface area contributed by atoms with E-state index in [0.29, 0.717) is 53.0 Å². The molecule has 7 heterocycles. The van der Waals surface area contributed by atoms with Crippen LogP contribution in [0.2, 0.25) is 0 Å². The van der Waals surface area contributed by atoms with Crippen LogP contribution in [0.1, 0.15) is 107 Å². The number of carbonyl (C=O) groups excluding carboxylic acids is 3. The number of fused-ring (bicyclic) bond motifs is 6. The van der Waals surface area contributed by atoms with Crippen molar-refractivity contribution in [2.45, 2.75) is 110 Å². The fraction of sp³-hybridized carbons (Fsp3) is 0.438. The lowest BCUT2D eigenvalue weighted by Crippen LogP contribution is -2.51. The third-order valence-electron chi connectivity index (χ3n) is 13.0. The monoisotopic (exact) mass is 888 g/mol. The number of piperidine rings is 1. The van der Waals surface area contributed by atoms with Crippen LogP contribution in [0.5, 0.6) is 5.75 Å². The van der Waals surface area contributed by atoms with Crippen LogP contribution in [0.15, 0.2) is 60.9 Å². The number of hydrogen-bond acceptors (Lipinski definition) is 9. The number of imidazole rings is 2. The van der Waals surface area contributed by atoms with Gasteiger partial charge in [0, 0.05) is 34.0 Å². The zero-order valence-electron chi connectivity index (χ0n) is 37.0. The standard InChI is InChI=1S/C48H53FN8O6S/c1-8-29-12-14-39(64-29)45-56-33-13-11-25(31-22-51-43(52-31)37-20-28-18-35(28)57(37)47(60)63-48(4,5)6)16-27(33)19-36(56)40-30(49)17-26(21-38(40)62-45)32-23-50-42(53-32)34-10-9-15-55(34)44(58)41(24(2)3)54-46(59)61-7/h11-14,16-17,19,21-24,28,34-35,37,41,45H,8-10,15,18,20H2,1-7H3,(H,50,53)(H,51,52)(H,54,59)/t28-,34+,35-,37+,41+,45?/m1/s1. The van der Waals surface area contributed by atoms with Crippen molar-refractivity contribution in [3.8, 4) is 39.5 Å². The first kappa shape index (κ1) is 41.8. The van der Waals surface area contributed by atoms with Gasteiger partial charge in [0.05, 0.1) is 64.6 Å². The van der Waals surface area contributed by atoms with E-state index in [0.717, 1.165) is 58.5 Å². The van der Waals surface area contributed by atoms with Gasteiger partial charge >= 0.3 is 12.2 Å². The number of hydrogen-bond donors (Lipinski definition) is 3. The number of ether oxygens (including phenoxy) is 3. The zero-order valence-corrected chi connectivity index (χ0v) is 37.8. The minimum absolute atomic E-state index is 0.164. The summed E-state index contributed by atoms with van der Waals surface area (Å²) < 4.78 is 36.3. The minimum Gasteiger partial charge on any atom is -0.464 e. The van der Waals surface area contributed by atoms with E-state index in [1.165, 1.54) is 18.1 Å². The molecule has 4 aromatic heterocycles. The first-order chi connectivity index (χ1) is 30.7. The van der Waals surface area contributed by atoms with Crippen molar-refractivity contribution in [3.05, 3.63) is 88.1 Å². The molecule has 16 heteroatoms. The number of H-pyrrole nitrogens is 2. The Hall–Kier alpha value is -6.16. The number of thiophene rings is 1. The molecule has 14 nitrogen and oxygen atoms in total. The van der Waals surface area contributed by atoms with Gasteiger partial charge in [-0.15, -0.1) is 11.3 Å². The molecule has 4 aliphatic rings. The van der Waals surface area contributed by atoms with E-state index in [2.05, 4.69) is 45.0 Å². The van der Waals surface area contributed by atoms with E-state index in [-0.39, 0.29) is 36.0 Å². The predicted molar refractivity (Wildman–Crippen MR) is 240 cm³/mol. The van der Waals surface area contributed by atoms with Gasteiger partial charge in [0.1, 0.15) is 34.9 Å². The Morgan fingerprint density at radius 2 is 1.73 bits per heavy atom. The fourth-order valence-electron chi connectivity index (χ4n) is 9.78. The summed E-state index contributed by atoms with van der Waals surface area (Å²) >= 11 is 1.68. The molecule has 1 unspecified atom stereocenters. The van der Waals surface area contributed by atoms with Crippen LogP contribution in [0.4, 0.5) is 14.0 Å². The van der Waals surface area contributed by atoms with Gasteiger partial charge < -0.3 is 34.4 Å². The number of aromatic nitrogens is 5. The van der Waals surface area contributed by atoms with Crippen LogP contribution >= 0.6 is 11.3 Å². The number of methoxy groups -OCH3 is 1. The molecule has 334 valence electrons. The second kappa shape index (κ2) is 15.8. The molecule has 2 aromatic carbocycles. The molecule has 3 N–H and O–H groups in total. The summed E-state index contributed by atoms with van der Waals surface area (Å²) in [4.78, 5) is 61.4. The van der Waals surface area contributed by atoms with E-state index in [4.69, 9.17) is 24.2 Å². The topological polar surface area (TPSA) is 160 Å². The Morgan fingerprint density at radius 3 is 2.44 bits per heavy atom. The molecule has 0 radical (unpaired) electrons. The summed E-state index contributed by atoms with van der Waals surface area (Å²) in [6.07, 6.45) is 6.14. The lowest BCUT2D eigenvalue weighted by Gasteiger charge is -2.30. The first-order valence-electron chi connectivity index (χ1n) is 22.2. The smallest absolute Gasteiger partial charge is 0.411 e. The Morgan fingerprint density at radius 1 is 0.984 bits per heavy atom. The van der Waals surface area contributed by atoms with Crippen molar-refractivity contribution in [1.29, 1.82) is 0 Å². The van der Waals surface area contributed by atoms with Crippen LogP contribution < -0.4 is 10.1 Å². The van der Waals surface area contributed by atoms with Gasteiger partial charge in [-0.2, -0.15) is 0 Å². The lowest BCUT2D eigenvalue weighted by molar-refractivity contribution is -0.135. The summed E-state index contributed by atoms with van der Waals surface area (Å²) in [6.45, 7) is 12.0. The molecular weight excluding hydrogens is 836 g/mol. The van der Waals surface area contributed by atoms with Gasteiger partial charge in [0.15, 0.2) is 0 Å². The van der Waals surface area contributed by atoms with Crippen molar-refractivity contribution in [2.24, 2.45) is 11.8 Å². The van der Waals surface area contributed by atoms with Gasteiger partial charge in [-0.1, -0.05) is 26.8 Å². The van der Waals surface area contributed by atoms with Gasteiger partial charge in [0.25, 0.3) is 0 Å². The number of aromatic amines is 2. The van der Waals surface area contributed by atoms with Crippen molar-refractivity contribution in [1.82, 2.24) is 39.6 Å². The van der Waals surface area contributed by atoms with Gasteiger partial charge in [-0.25, -0.2) is 23.9 Å². The van der Waals surface area contributed by atoms with Crippen LogP contribution in [0.3, 0.4) is 0 Å². The van der Waals surface area contributed by atoms with E-state index < -0.39 is 29.8 Å². The molecule has 6 atom stereocenters. The molecular formula is C48H53FN8O6S. The molecule has 3 fully saturated rings. The summed E-state index contributed by atoms with van der Waals surface area (Å²) in [5, 5.41) is 3.60. The van der Waals surface area contributed by atoms with Gasteiger partial charge in [-0.3, -0.25) is 14.3 Å². The Balaban J connectivity index is 0.970. The number of carbonyl (C=O) groups is 3. The van der Waals surface area contributed by atoms with Crippen LogP contribution in [0, 0.1) is 17.7 Å². The highest BCUT2D eigenvalue weighted by Gasteiger charge is 2.56. The molecule has 3 aliphatic heterocycles. The van der Waals surface area contributed by atoms with Crippen molar-refractivity contribution < 1.29 is 33.0 Å². The Labute approximate surface area is 374 Å². The number of rotatable bonds is 9. The molecule has 1 saturated carbocycles. The second-order valence-corrected chi connectivity index (χ2v) is 19.9. The maximum absolute atomic E-state index is 16.8. The number of benzene rings is 2. The number of likely N-dealkylation sites (tertiary alicyclic amines) is 2. The fourth-order valence-corrected chi connectivity index (χ4v) is 10.8. The largest absolute Gasteiger partial charge is 0.464 e. The number of aryl methyl sites for hydroxylation is 1. The molecule has 2 saturated heterocycles. The van der Waals surface area contributed by atoms with E-state index in [9.17, 15) is 14.4 Å². The number of amides is 3. The number of alkyl carbamates (subject to hydrolysis) is 1. The normalized spacial score (nSPS) is 21.7. The van der Waals surface area contributed by atoms with Crippen LogP contribution in [-0.4, -0.2) is 83.7 Å². The number of halogens is 1.